The molecule has 3 atom stereocenters. The van der Waals surface area contributed by atoms with Crippen molar-refractivity contribution in [1.29, 1.82) is 0 Å². The van der Waals surface area contributed by atoms with Gasteiger partial charge in [-0.05, 0) is 32.1 Å². The zero-order valence-corrected chi connectivity index (χ0v) is 37.0. The van der Waals surface area contributed by atoms with Gasteiger partial charge in [-0.25, -0.2) is 4.57 Å². The molecule has 0 aliphatic rings. The van der Waals surface area contributed by atoms with Crippen LogP contribution < -0.4 is 0 Å². The van der Waals surface area contributed by atoms with E-state index in [0.29, 0.717) is 12.8 Å². The Balaban J connectivity index is 4.12. The van der Waals surface area contributed by atoms with Crippen molar-refractivity contribution in [2.24, 2.45) is 0 Å². The maximum atomic E-state index is 12.5. The fourth-order valence-electron chi connectivity index (χ4n) is 6.59. The number of phosphoric acid groups is 1. The number of hydrogen-bond donors (Lipinski definition) is 3. The summed E-state index contributed by atoms with van der Waals surface area (Å²) in [5.74, 6) is -0.953. The van der Waals surface area contributed by atoms with E-state index in [9.17, 15) is 24.2 Å². The van der Waals surface area contributed by atoms with Gasteiger partial charge in [-0.3, -0.25) is 18.6 Å². The number of unbranched alkanes of at least 4 members (excludes halogenated alkanes) is 28. The van der Waals surface area contributed by atoms with Crippen LogP contribution in [0.3, 0.4) is 0 Å². The lowest BCUT2D eigenvalue weighted by Crippen LogP contribution is -2.29. The molecular weight excluding hydrogens is 731 g/mol. The van der Waals surface area contributed by atoms with Gasteiger partial charge in [0.15, 0.2) is 6.10 Å². The van der Waals surface area contributed by atoms with Crippen molar-refractivity contribution in [3.8, 4) is 0 Å². The molecular formula is C45H87O10P. The summed E-state index contributed by atoms with van der Waals surface area (Å²) in [5.41, 5.74) is 0. The van der Waals surface area contributed by atoms with E-state index in [-0.39, 0.29) is 19.4 Å². The van der Waals surface area contributed by atoms with Gasteiger partial charge in [0.1, 0.15) is 12.7 Å². The van der Waals surface area contributed by atoms with Gasteiger partial charge in [0.25, 0.3) is 0 Å². The van der Waals surface area contributed by atoms with E-state index in [1.54, 1.807) is 0 Å². The maximum Gasteiger partial charge on any atom is 0.472 e. The highest BCUT2D eigenvalue weighted by Crippen LogP contribution is 2.43. The van der Waals surface area contributed by atoms with Crippen LogP contribution in [0.2, 0.25) is 0 Å². The van der Waals surface area contributed by atoms with Crippen LogP contribution in [0.25, 0.3) is 0 Å². The van der Waals surface area contributed by atoms with Crippen LogP contribution in [0.1, 0.15) is 226 Å². The molecule has 3 N–H and O–H groups in total. The molecule has 10 nitrogen and oxygen atoms in total. The summed E-state index contributed by atoms with van der Waals surface area (Å²) in [7, 11) is -4.61. The molecule has 0 bridgehead atoms. The Morgan fingerprint density at radius 1 is 0.518 bits per heavy atom. The zero-order valence-electron chi connectivity index (χ0n) is 36.1. The van der Waals surface area contributed by atoms with Crippen molar-refractivity contribution in [3.63, 3.8) is 0 Å². The Morgan fingerprint density at radius 2 is 0.893 bits per heavy atom. The van der Waals surface area contributed by atoms with E-state index >= 15 is 0 Å². The minimum Gasteiger partial charge on any atom is -0.462 e. The largest absolute Gasteiger partial charge is 0.472 e. The van der Waals surface area contributed by atoms with E-state index < -0.39 is 51.8 Å². The van der Waals surface area contributed by atoms with Gasteiger partial charge in [-0.15, -0.1) is 0 Å². The molecule has 0 rings (SSSR count). The third-order valence-corrected chi connectivity index (χ3v) is 11.1. The number of carbonyl (C=O) groups excluding carboxylic acids is 2. The van der Waals surface area contributed by atoms with Gasteiger partial charge in [0, 0.05) is 12.8 Å². The Kier molecular flexibility index (Phi) is 40.9. The molecule has 0 amide bonds. The van der Waals surface area contributed by atoms with E-state index in [4.69, 9.17) is 19.1 Å². The van der Waals surface area contributed by atoms with Crippen molar-refractivity contribution in [1.82, 2.24) is 0 Å². The first kappa shape index (κ1) is 54.7. The lowest BCUT2D eigenvalue weighted by atomic mass is 10.0. The Labute approximate surface area is 343 Å². The van der Waals surface area contributed by atoms with Crippen molar-refractivity contribution in [2.45, 2.75) is 238 Å². The first-order valence-electron chi connectivity index (χ1n) is 23.1. The fourth-order valence-corrected chi connectivity index (χ4v) is 7.38. The molecule has 0 aromatic heterocycles. The number of carbonyl (C=O) groups is 2. The van der Waals surface area contributed by atoms with E-state index in [1.165, 1.54) is 154 Å². The summed E-state index contributed by atoms with van der Waals surface area (Å²) in [6, 6.07) is 0. The van der Waals surface area contributed by atoms with E-state index in [2.05, 4.69) is 30.5 Å². The predicted molar refractivity (Wildman–Crippen MR) is 229 cm³/mol. The second kappa shape index (κ2) is 41.9. The first-order chi connectivity index (χ1) is 27.2. The average molecular weight is 819 g/mol. The average Bonchev–Trinajstić information content (AvgIpc) is 3.19. The monoisotopic (exact) mass is 819 g/mol. The summed E-state index contributed by atoms with van der Waals surface area (Å²) in [5, 5.41) is 18.3. The number of phosphoric ester groups is 1. The smallest absolute Gasteiger partial charge is 0.462 e. The van der Waals surface area contributed by atoms with Gasteiger partial charge in [-0.1, -0.05) is 193 Å². The number of hydrogen-bond acceptors (Lipinski definition) is 9. The SMILES string of the molecule is CCCCCCCCCCCCCCCCCCCC/C=C/CCCC(=O)OC[C@@H](COP(=O)(O)OC[C@H](O)CO)OC(=O)CCCCCCCCCCCC. The number of ether oxygens (including phenoxy) is 2. The molecule has 332 valence electrons. The topological polar surface area (TPSA) is 149 Å². The Hall–Kier alpha value is -1.29. The molecule has 0 aliphatic heterocycles. The normalized spacial score (nSPS) is 13.9. The molecule has 0 aromatic rings. The van der Waals surface area contributed by atoms with Gasteiger partial charge >= 0.3 is 19.8 Å². The second-order valence-corrected chi connectivity index (χ2v) is 17.2. The summed E-state index contributed by atoms with van der Waals surface area (Å²) in [6.07, 6.45) is 40.7. The molecule has 56 heavy (non-hydrogen) atoms. The highest BCUT2D eigenvalue weighted by atomic mass is 31.2. The highest BCUT2D eigenvalue weighted by Gasteiger charge is 2.27. The molecule has 0 fully saturated rings. The van der Waals surface area contributed by atoms with Crippen molar-refractivity contribution >= 4 is 19.8 Å². The maximum absolute atomic E-state index is 12.5. The number of allylic oxidation sites excluding steroid dienone is 2. The van der Waals surface area contributed by atoms with Gasteiger partial charge in [0.05, 0.1) is 19.8 Å². The quantitative estimate of drug-likeness (QED) is 0.0235. The van der Waals surface area contributed by atoms with Gasteiger partial charge in [-0.2, -0.15) is 0 Å². The minimum absolute atomic E-state index is 0.183. The number of esters is 2. The summed E-state index contributed by atoms with van der Waals surface area (Å²) >= 11 is 0. The van der Waals surface area contributed by atoms with Gasteiger partial charge < -0.3 is 24.6 Å². The van der Waals surface area contributed by atoms with Crippen LogP contribution in [0.5, 0.6) is 0 Å². The molecule has 1 unspecified atom stereocenters. The van der Waals surface area contributed by atoms with Crippen molar-refractivity contribution in [3.05, 3.63) is 12.2 Å². The summed E-state index contributed by atoms with van der Waals surface area (Å²) < 4.78 is 32.6. The van der Waals surface area contributed by atoms with Crippen LogP contribution in [-0.4, -0.2) is 65.7 Å². The van der Waals surface area contributed by atoms with E-state index in [0.717, 1.165) is 32.1 Å². The van der Waals surface area contributed by atoms with Crippen LogP contribution in [-0.2, 0) is 32.7 Å². The minimum atomic E-state index is -4.61. The molecule has 0 aliphatic carbocycles. The van der Waals surface area contributed by atoms with Gasteiger partial charge in [0.2, 0.25) is 0 Å². The number of aliphatic hydroxyl groups excluding tert-OH is 2. The third-order valence-electron chi connectivity index (χ3n) is 10.2. The van der Waals surface area contributed by atoms with Crippen LogP contribution >= 0.6 is 7.82 Å². The molecule has 0 heterocycles. The zero-order chi connectivity index (χ0) is 41.2. The highest BCUT2D eigenvalue weighted by molar-refractivity contribution is 7.47. The molecule has 0 spiro atoms. The third kappa shape index (κ3) is 40.9. The molecule has 0 aromatic carbocycles. The lowest BCUT2D eigenvalue weighted by molar-refractivity contribution is -0.161. The van der Waals surface area contributed by atoms with Crippen molar-refractivity contribution < 1.29 is 47.8 Å². The summed E-state index contributed by atoms with van der Waals surface area (Å²) in [6.45, 7) is 2.36. The van der Waals surface area contributed by atoms with Crippen LogP contribution in [0.15, 0.2) is 12.2 Å². The molecule has 0 radical (unpaired) electrons. The molecule has 11 heteroatoms. The number of rotatable bonds is 44. The number of aliphatic hydroxyl groups is 2. The summed E-state index contributed by atoms with van der Waals surface area (Å²) in [4.78, 5) is 34.9. The second-order valence-electron chi connectivity index (χ2n) is 15.8. The van der Waals surface area contributed by atoms with Crippen molar-refractivity contribution in [2.75, 3.05) is 26.4 Å². The van der Waals surface area contributed by atoms with Crippen LogP contribution in [0, 0.1) is 0 Å². The first-order valence-corrected chi connectivity index (χ1v) is 24.6. The Morgan fingerprint density at radius 3 is 1.34 bits per heavy atom. The van der Waals surface area contributed by atoms with Crippen LogP contribution in [0.4, 0.5) is 0 Å². The predicted octanol–water partition coefficient (Wildman–Crippen LogP) is 12.4. The lowest BCUT2D eigenvalue weighted by Gasteiger charge is -2.20. The standard InChI is InChI=1S/C45H87O10P/c1-3-5-7-9-11-13-15-16-17-18-19-20-21-22-23-24-25-26-27-29-30-32-34-36-44(48)52-40-43(41-54-56(50,51)53-39-42(47)38-46)55-45(49)37-35-33-31-28-14-12-10-8-6-4-2/h29-30,42-43,46-47H,3-28,31-41H2,1-2H3,(H,50,51)/b30-29+/t42-,43+/m1/s1. The Bertz CT molecular complexity index is 946. The van der Waals surface area contributed by atoms with E-state index in [1.807, 2.05) is 0 Å². The fraction of sp³-hybridized carbons (Fsp3) is 0.911. The molecule has 0 saturated carbocycles. The molecule has 0 saturated heterocycles.